The van der Waals surface area contributed by atoms with Crippen molar-refractivity contribution in [2.75, 3.05) is 33.1 Å². The number of pyridine rings is 1. The third-order valence-corrected chi connectivity index (χ3v) is 4.22. The first kappa shape index (κ1) is 18.5. The molecule has 0 spiro atoms. The first-order valence-corrected chi connectivity index (χ1v) is 8.89. The van der Waals surface area contributed by atoms with Gasteiger partial charge in [0.1, 0.15) is 0 Å². The van der Waals surface area contributed by atoms with Crippen LogP contribution in [-0.2, 0) is 26.1 Å². The van der Waals surface area contributed by atoms with Crippen LogP contribution in [-0.4, -0.2) is 56.7 Å². The number of amides is 1. The second kappa shape index (κ2) is 9.50. The Balaban J connectivity index is 2.48. The van der Waals surface area contributed by atoms with E-state index in [9.17, 15) is 13.2 Å². The summed E-state index contributed by atoms with van der Waals surface area (Å²) in [7, 11) is -1.79. The van der Waals surface area contributed by atoms with Gasteiger partial charge in [0.05, 0.1) is 18.5 Å². The number of carbonyl (C=O) groups excluding carboxylic acids is 1. The molecule has 0 radical (unpaired) electrons. The standard InChI is InChI=1S/C14H23N3O4S/c1-21-11-5-9-16-14(18)7-10-17(22(2,19)20)12-13-6-3-4-8-15-13/h3-4,6,8H,5,7,9-12H2,1-2H3,(H,16,18). The number of hydrogen-bond donors (Lipinski definition) is 1. The number of methoxy groups -OCH3 is 1. The highest BCUT2D eigenvalue weighted by Crippen LogP contribution is 2.06. The molecule has 0 aliphatic heterocycles. The fourth-order valence-electron chi connectivity index (χ4n) is 1.79. The molecule has 0 bridgehead atoms. The molecule has 1 heterocycles. The van der Waals surface area contributed by atoms with Crippen molar-refractivity contribution in [3.05, 3.63) is 30.1 Å². The average Bonchev–Trinajstić information content (AvgIpc) is 2.48. The minimum Gasteiger partial charge on any atom is -0.385 e. The summed E-state index contributed by atoms with van der Waals surface area (Å²) in [6.07, 6.45) is 3.59. The first-order chi connectivity index (χ1) is 10.4. The molecule has 0 saturated carbocycles. The van der Waals surface area contributed by atoms with Crippen LogP contribution in [0.1, 0.15) is 18.5 Å². The molecule has 0 unspecified atom stereocenters. The van der Waals surface area contributed by atoms with Gasteiger partial charge in [0.2, 0.25) is 15.9 Å². The molecule has 0 aliphatic rings. The number of nitrogens with one attached hydrogen (secondary N) is 1. The lowest BCUT2D eigenvalue weighted by Crippen LogP contribution is -2.34. The van der Waals surface area contributed by atoms with E-state index in [1.54, 1.807) is 31.5 Å². The molecule has 8 heteroatoms. The van der Waals surface area contributed by atoms with Crippen LogP contribution in [0.3, 0.4) is 0 Å². The van der Waals surface area contributed by atoms with Gasteiger partial charge in [0.25, 0.3) is 0 Å². The summed E-state index contributed by atoms with van der Waals surface area (Å²) >= 11 is 0. The second-order valence-corrected chi connectivity index (χ2v) is 6.85. The normalized spacial score (nSPS) is 11.6. The molecule has 0 atom stereocenters. The van der Waals surface area contributed by atoms with E-state index in [2.05, 4.69) is 10.3 Å². The number of sulfonamides is 1. The molecule has 0 fully saturated rings. The van der Waals surface area contributed by atoms with Crippen LogP contribution in [0.2, 0.25) is 0 Å². The molecule has 1 rings (SSSR count). The molecular formula is C14H23N3O4S. The van der Waals surface area contributed by atoms with Crippen molar-refractivity contribution < 1.29 is 17.9 Å². The SMILES string of the molecule is COCCCNC(=O)CCN(Cc1ccccn1)S(C)(=O)=O. The van der Waals surface area contributed by atoms with Gasteiger partial charge >= 0.3 is 0 Å². The molecule has 1 N–H and O–H groups in total. The van der Waals surface area contributed by atoms with Crippen molar-refractivity contribution in [2.45, 2.75) is 19.4 Å². The maximum absolute atomic E-state index is 11.8. The zero-order chi connectivity index (χ0) is 16.4. The van der Waals surface area contributed by atoms with Crippen LogP contribution in [0, 0.1) is 0 Å². The highest BCUT2D eigenvalue weighted by Gasteiger charge is 2.18. The lowest BCUT2D eigenvalue weighted by atomic mass is 10.3. The largest absolute Gasteiger partial charge is 0.385 e. The van der Waals surface area contributed by atoms with Gasteiger partial charge in [-0.25, -0.2) is 8.42 Å². The van der Waals surface area contributed by atoms with Crippen LogP contribution in [0.15, 0.2) is 24.4 Å². The number of hydrogen-bond acceptors (Lipinski definition) is 5. The maximum atomic E-state index is 11.8. The maximum Gasteiger partial charge on any atom is 0.221 e. The Kier molecular flexibility index (Phi) is 8.00. The Labute approximate surface area is 131 Å². The van der Waals surface area contributed by atoms with Crippen molar-refractivity contribution in [2.24, 2.45) is 0 Å². The molecule has 7 nitrogen and oxygen atoms in total. The van der Waals surface area contributed by atoms with E-state index in [1.807, 2.05) is 0 Å². The molecular weight excluding hydrogens is 306 g/mol. The van der Waals surface area contributed by atoms with E-state index in [0.29, 0.717) is 18.8 Å². The van der Waals surface area contributed by atoms with E-state index in [0.717, 1.165) is 12.7 Å². The summed E-state index contributed by atoms with van der Waals surface area (Å²) in [5, 5.41) is 2.73. The van der Waals surface area contributed by atoms with E-state index in [1.165, 1.54) is 4.31 Å². The minimum atomic E-state index is -3.39. The minimum absolute atomic E-state index is 0.118. The highest BCUT2D eigenvalue weighted by atomic mass is 32.2. The molecule has 0 aliphatic carbocycles. The van der Waals surface area contributed by atoms with Gasteiger partial charge < -0.3 is 10.1 Å². The number of nitrogens with zero attached hydrogens (tertiary/aromatic N) is 2. The van der Waals surface area contributed by atoms with Gasteiger partial charge in [0.15, 0.2) is 0 Å². The van der Waals surface area contributed by atoms with Crippen LogP contribution < -0.4 is 5.32 Å². The van der Waals surface area contributed by atoms with Gasteiger partial charge in [-0.1, -0.05) is 6.07 Å². The Bertz CT molecular complexity index is 548. The van der Waals surface area contributed by atoms with Crippen molar-refractivity contribution in [1.82, 2.24) is 14.6 Å². The van der Waals surface area contributed by atoms with E-state index < -0.39 is 10.0 Å². The third-order valence-electron chi connectivity index (χ3n) is 2.97. The zero-order valence-electron chi connectivity index (χ0n) is 13.0. The van der Waals surface area contributed by atoms with Crippen molar-refractivity contribution in [1.29, 1.82) is 0 Å². The number of rotatable bonds is 10. The summed E-state index contributed by atoms with van der Waals surface area (Å²) in [4.78, 5) is 15.8. The van der Waals surface area contributed by atoms with Gasteiger partial charge in [-0.05, 0) is 18.6 Å². The lowest BCUT2D eigenvalue weighted by Gasteiger charge is -2.19. The Morgan fingerprint density at radius 3 is 2.77 bits per heavy atom. The van der Waals surface area contributed by atoms with E-state index in [4.69, 9.17) is 4.74 Å². The predicted molar refractivity (Wildman–Crippen MR) is 83.6 cm³/mol. The third kappa shape index (κ3) is 7.48. The second-order valence-electron chi connectivity index (χ2n) is 4.86. The molecule has 124 valence electrons. The Morgan fingerprint density at radius 2 is 2.18 bits per heavy atom. The van der Waals surface area contributed by atoms with Gasteiger partial charge in [-0.3, -0.25) is 9.78 Å². The van der Waals surface area contributed by atoms with Crippen molar-refractivity contribution in [3.63, 3.8) is 0 Å². The fraction of sp³-hybridized carbons (Fsp3) is 0.571. The molecule has 0 aromatic carbocycles. The molecule has 1 amide bonds. The van der Waals surface area contributed by atoms with Crippen molar-refractivity contribution >= 4 is 15.9 Å². The zero-order valence-corrected chi connectivity index (χ0v) is 13.8. The molecule has 0 saturated heterocycles. The topological polar surface area (TPSA) is 88.6 Å². The highest BCUT2D eigenvalue weighted by molar-refractivity contribution is 7.88. The number of carbonyl (C=O) groups is 1. The van der Waals surface area contributed by atoms with Crippen molar-refractivity contribution in [3.8, 4) is 0 Å². The fourth-order valence-corrected chi connectivity index (χ4v) is 2.58. The summed E-state index contributed by atoms with van der Waals surface area (Å²) < 4.78 is 29.7. The van der Waals surface area contributed by atoms with Crippen LogP contribution in [0.4, 0.5) is 0 Å². The monoisotopic (exact) mass is 329 g/mol. The number of aromatic nitrogens is 1. The summed E-state index contributed by atoms with van der Waals surface area (Å²) in [6.45, 7) is 1.39. The Hall–Kier alpha value is -1.51. The first-order valence-electron chi connectivity index (χ1n) is 7.04. The van der Waals surface area contributed by atoms with E-state index in [-0.39, 0.29) is 25.4 Å². The quantitative estimate of drug-likeness (QED) is 0.627. The summed E-state index contributed by atoms with van der Waals surface area (Å²) in [5.41, 5.74) is 0.647. The summed E-state index contributed by atoms with van der Waals surface area (Å²) in [5.74, 6) is -0.175. The average molecular weight is 329 g/mol. The van der Waals surface area contributed by atoms with Gasteiger partial charge in [0, 0.05) is 39.4 Å². The number of ether oxygens (including phenoxy) is 1. The van der Waals surface area contributed by atoms with Gasteiger partial charge in [-0.2, -0.15) is 4.31 Å². The Morgan fingerprint density at radius 1 is 1.41 bits per heavy atom. The molecule has 1 aromatic heterocycles. The lowest BCUT2D eigenvalue weighted by molar-refractivity contribution is -0.121. The van der Waals surface area contributed by atoms with E-state index >= 15 is 0 Å². The smallest absolute Gasteiger partial charge is 0.221 e. The summed E-state index contributed by atoms with van der Waals surface area (Å²) in [6, 6.07) is 5.32. The van der Waals surface area contributed by atoms with Crippen LogP contribution >= 0.6 is 0 Å². The van der Waals surface area contributed by atoms with Crippen LogP contribution in [0.5, 0.6) is 0 Å². The molecule has 22 heavy (non-hydrogen) atoms. The predicted octanol–water partition coefficient (Wildman–Crippen LogP) is 0.386. The van der Waals surface area contributed by atoms with Gasteiger partial charge in [-0.15, -0.1) is 0 Å². The van der Waals surface area contributed by atoms with Crippen LogP contribution in [0.25, 0.3) is 0 Å². The molecule has 1 aromatic rings.